The van der Waals surface area contributed by atoms with Crippen molar-refractivity contribution in [3.63, 3.8) is 0 Å². The van der Waals surface area contributed by atoms with Gasteiger partial charge in [0.05, 0.1) is 0 Å². The number of hydrogen-bond acceptors (Lipinski definition) is 3. The minimum Gasteiger partial charge on any atom is -0.747 e. The van der Waals surface area contributed by atoms with Crippen molar-refractivity contribution < 1.29 is 104 Å². The molecule has 0 saturated heterocycles. The molecule has 0 heterocycles. The third-order valence-corrected chi connectivity index (χ3v) is 3.02. The van der Waals surface area contributed by atoms with Gasteiger partial charge in [-0.1, -0.05) is 0 Å². The van der Waals surface area contributed by atoms with Gasteiger partial charge >= 0.3 is 74.7 Å². The first-order chi connectivity index (χ1) is 7.00. The molecule has 14 heteroatoms. The summed E-state index contributed by atoms with van der Waals surface area (Å²) in [5, 5.41) is 0. The van der Waals surface area contributed by atoms with Gasteiger partial charge < -0.3 is 4.55 Å². The van der Waals surface area contributed by atoms with Gasteiger partial charge in [-0.2, -0.15) is 39.5 Å². The molecule has 0 aliphatic rings. The fourth-order valence-corrected chi connectivity index (χ4v) is 1.76. The Morgan fingerprint density at radius 1 is 0.667 bits per heavy atom. The van der Waals surface area contributed by atoms with Crippen LogP contribution in [-0.4, -0.2) is 36.2 Å². The van der Waals surface area contributed by atoms with E-state index in [0.717, 1.165) is 0 Å². The van der Waals surface area contributed by atoms with Crippen LogP contribution in [0, 0.1) is 0 Å². The maximum Gasteiger partial charge on any atom is 1.00 e. The molecule has 0 aromatic heterocycles. The zero-order chi connectivity index (χ0) is 14.5. The smallest absolute Gasteiger partial charge is 0.747 e. The Kier molecular flexibility index (Phi) is 6.32. The molecule has 0 bridgehead atoms. The van der Waals surface area contributed by atoms with Crippen LogP contribution in [0.5, 0.6) is 0 Å². The van der Waals surface area contributed by atoms with Crippen molar-refractivity contribution in [2.24, 2.45) is 0 Å². The van der Waals surface area contributed by atoms with Crippen molar-refractivity contribution in [1.29, 1.82) is 0 Å². The molecule has 104 valence electrons. The van der Waals surface area contributed by atoms with Gasteiger partial charge in [-0.05, 0) is 0 Å². The minimum atomic E-state index is -7.82. The Hall–Kier alpha value is 0.916. The first-order valence-corrected chi connectivity index (χ1v) is 4.56. The summed E-state index contributed by atoms with van der Waals surface area (Å²) >= 11 is 0. The maximum absolute atomic E-state index is 11.8. The van der Waals surface area contributed by atoms with E-state index in [0.29, 0.717) is 0 Å². The van der Waals surface area contributed by atoms with E-state index in [9.17, 15) is 52.5 Å². The molecule has 0 aliphatic carbocycles. The molecule has 0 atom stereocenters. The van der Waals surface area contributed by atoms with Crippen molar-refractivity contribution in [1.82, 2.24) is 0 Å². The van der Waals surface area contributed by atoms with Gasteiger partial charge in [0.1, 0.15) is 10.1 Å². The molecular formula is C4F9KO3S. The van der Waals surface area contributed by atoms with Crippen LogP contribution < -0.4 is 51.4 Å². The summed E-state index contributed by atoms with van der Waals surface area (Å²) in [4.78, 5) is 0. The molecule has 0 rings (SSSR count). The molecule has 0 spiro atoms. The van der Waals surface area contributed by atoms with Crippen LogP contribution in [0.25, 0.3) is 0 Å². The second-order valence-electron chi connectivity index (χ2n) is 2.63. The quantitative estimate of drug-likeness (QED) is 0.349. The number of hydrogen-bond donors (Lipinski definition) is 0. The summed E-state index contributed by atoms with van der Waals surface area (Å²) in [5.74, 6) is 0. The van der Waals surface area contributed by atoms with Crippen molar-refractivity contribution >= 4 is 10.1 Å². The van der Waals surface area contributed by atoms with Crippen LogP contribution in [0.3, 0.4) is 0 Å². The van der Waals surface area contributed by atoms with E-state index in [1.807, 2.05) is 0 Å². The van der Waals surface area contributed by atoms with Crippen molar-refractivity contribution in [2.45, 2.75) is 23.3 Å². The van der Waals surface area contributed by atoms with E-state index in [2.05, 4.69) is 0 Å². The van der Waals surface area contributed by atoms with Crippen molar-refractivity contribution in [3.8, 4) is 0 Å². The fourth-order valence-electron chi connectivity index (χ4n) is 0.907. The van der Waals surface area contributed by atoms with Crippen LogP contribution >= 0.6 is 0 Å². The first-order valence-electron chi connectivity index (χ1n) is 3.15. The van der Waals surface area contributed by atoms with E-state index < -0.39 is 33.4 Å². The monoisotopic (exact) mass is 338 g/mol. The van der Waals surface area contributed by atoms with Gasteiger partial charge in [0.25, 0.3) is 0 Å². The summed E-state index contributed by atoms with van der Waals surface area (Å²) in [7, 11) is -7.82. The summed E-state index contributed by atoms with van der Waals surface area (Å²) in [6.07, 6.45) is -22.2. The van der Waals surface area contributed by atoms with Crippen LogP contribution in [0.1, 0.15) is 0 Å². The van der Waals surface area contributed by atoms with E-state index in [1.54, 1.807) is 0 Å². The van der Waals surface area contributed by atoms with E-state index in [4.69, 9.17) is 0 Å². The molecule has 18 heavy (non-hydrogen) atoms. The maximum atomic E-state index is 11.8. The van der Waals surface area contributed by atoms with Crippen LogP contribution in [0.4, 0.5) is 39.5 Å². The van der Waals surface area contributed by atoms with Gasteiger partial charge in [0.15, 0.2) is 0 Å². The minimum absolute atomic E-state index is 0. The van der Waals surface area contributed by atoms with E-state index in [-0.39, 0.29) is 51.4 Å². The second kappa shape index (κ2) is 5.36. The SMILES string of the molecule is O=S(=O)([O-])C(C(F)(F)F)(C(F)(F)F)C(F)(F)F.[K+]. The Bertz CT molecular complexity index is 353. The van der Waals surface area contributed by atoms with Crippen LogP contribution in [0.15, 0.2) is 0 Å². The third-order valence-electron chi connectivity index (χ3n) is 1.57. The number of alkyl halides is 9. The van der Waals surface area contributed by atoms with Crippen molar-refractivity contribution in [3.05, 3.63) is 0 Å². The molecule has 0 amide bonds. The van der Waals surface area contributed by atoms with Gasteiger partial charge in [-0.25, -0.2) is 8.42 Å². The van der Waals surface area contributed by atoms with Crippen LogP contribution in [-0.2, 0) is 10.1 Å². The fraction of sp³-hybridized carbons (Fsp3) is 1.00. The van der Waals surface area contributed by atoms with E-state index >= 15 is 0 Å². The van der Waals surface area contributed by atoms with Crippen LogP contribution in [0.2, 0.25) is 0 Å². The summed E-state index contributed by atoms with van der Waals surface area (Å²) in [6, 6.07) is 0. The molecule has 3 nitrogen and oxygen atoms in total. The predicted molar refractivity (Wildman–Crippen MR) is 30.6 cm³/mol. The first kappa shape index (κ1) is 21.2. The molecule has 0 radical (unpaired) electrons. The second-order valence-corrected chi connectivity index (χ2v) is 4.15. The summed E-state index contributed by atoms with van der Waals surface area (Å²) in [6.45, 7) is 0. The normalized spacial score (nSPS) is 15.2. The largest absolute Gasteiger partial charge is 1.00 e. The Balaban J connectivity index is 0. The van der Waals surface area contributed by atoms with Gasteiger partial charge in [-0.15, -0.1) is 0 Å². The molecule has 0 fully saturated rings. The average Bonchev–Trinajstić information content (AvgIpc) is 1.67. The molecule has 0 aromatic rings. The molecule has 0 aromatic carbocycles. The van der Waals surface area contributed by atoms with Gasteiger partial charge in [0.2, 0.25) is 0 Å². The molecule has 0 N–H and O–H groups in total. The topological polar surface area (TPSA) is 57.2 Å². The molecule has 0 aliphatic heterocycles. The summed E-state index contributed by atoms with van der Waals surface area (Å²) < 4.78 is 129. The molecular weight excluding hydrogens is 338 g/mol. The zero-order valence-electron chi connectivity index (χ0n) is 8.03. The third kappa shape index (κ3) is 3.14. The number of rotatable bonds is 1. The molecule has 0 unspecified atom stereocenters. The average molecular weight is 338 g/mol. The summed E-state index contributed by atoms with van der Waals surface area (Å²) in [5.41, 5.74) is 0. The standard InChI is InChI=1S/C4HF9O3S.K/c5-2(6,7)1(3(8,9)10,4(11,12)13)17(14,15)16;/h(H,14,15,16);/q;+1/p-1. The zero-order valence-corrected chi connectivity index (χ0v) is 12.0. The van der Waals surface area contributed by atoms with Crippen molar-refractivity contribution in [2.75, 3.05) is 0 Å². The Morgan fingerprint density at radius 2 is 0.833 bits per heavy atom. The van der Waals surface area contributed by atoms with E-state index in [1.165, 1.54) is 0 Å². The number of halogens is 9. The Morgan fingerprint density at radius 3 is 0.833 bits per heavy atom. The Labute approximate surface area is 136 Å². The predicted octanol–water partition coefficient (Wildman–Crippen LogP) is -1.04. The van der Waals surface area contributed by atoms with Gasteiger partial charge in [0, 0.05) is 0 Å². The molecule has 0 saturated carbocycles. The van der Waals surface area contributed by atoms with Gasteiger partial charge in [-0.3, -0.25) is 0 Å².